The number of carbonyl (C=O) groups excluding carboxylic acids is 2. The van der Waals surface area contributed by atoms with E-state index in [0.29, 0.717) is 23.8 Å². The Kier molecular flexibility index (Phi) is 6.69. The van der Waals surface area contributed by atoms with E-state index in [-0.39, 0.29) is 6.04 Å². The predicted molar refractivity (Wildman–Crippen MR) is 85.8 cm³/mol. The van der Waals surface area contributed by atoms with E-state index >= 15 is 0 Å². The summed E-state index contributed by atoms with van der Waals surface area (Å²) in [6.45, 7) is 11.6. The summed E-state index contributed by atoms with van der Waals surface area (Å²) in [5.41, 5.74) is 0.337. The SMILES string of the molecule is CC(C)CCNC(=O)C(=O)NC1CCC(C(C)(C)C)CC1. The maximum absolute atomic E-state index is 11.8. The van der Waals surface area contributed by atoms with Crippen LogP contribution in [0.4, 0.5) is 0 Å². The number of hydrogen-bond donors (Lipinski definition) is 2. The summed E-state index contributed by atoms with van der Waals surface area (Å²) < 4.78 is 0. The molecule has 0 radical (unpaired) electrons. The number of hydrogen-bond acceptors (Lipinski definition) is 2. The average molecular weight is 296 g/mol. The van der Waals surface area contributed by atoms with Crippen LogP contribution in [0.15, 0.2) is 0 Å². The molecular weight excluding hydrogens is 264 g/mol. The molecule has 21 heavy (non-hydrogen) atoms. The van der Waals surface area contributed by atoms with E-state index in [1.54, 1.807) is 0 Å². The Morgan fingerprint density at radius 1 is 1.05 bits per heavy atom. The van der Waals surface area contributed by atoms with Crippen LogP contribution in [0.5, 0.6) is 0 Å². The van der Waals surface area contributed by atoms with Crippen LogP contribution in [0.3, 0.4) is 0 Å². The molecule has 0 atom stereocenters. The van der Waals surface area contributed by atoms with E-state index in [0.717, 1.165) is 32.1 Å². The molecule has 0 aromatic carbocycles. The molecule has 1 fully saturated rings. The van der Waals surface area contributed by atoms with Crippen molar-refractivity contribution < 1.29 is 9.59 Å². The Labute approximate surface area is 129 Å². The van der Waals surface area contributed by atoms with Gasteiger partial charge in [-0.05, 0) is 49.4 Å². The van der Waals surface area contributed by atoms with Gasteiger partial charge in [-0.1, -0.05) is 34.6 Å². The highest BCUT2D eigenvalue weighted by Crippen LogP contribution is 2.37. The maximum atomic E-state index is 11.8. The van der Waals surface area contributed by atoms with Crippen molar-refractivity contribution >= 4 is 11.8 Å². The Hall–Kier alpha value is -1.06. The van der Waals surface area contributed by atoms with Crippen LogP contribution in [0.1, 0.15) is 66.7 Å². The molecule has 1 rings (SSSR count). The quantitative estimate of drug-likeness (QED) is 0.784. The van der Waals surface area contributed by atoms with E-state index in [9.17, 15) is 9.59 Å². The monoisotopic (exact) mass is 296 g/mol. The zero-order valence-corrected chi connectivity index (χ0v) is 14.3. The molecular formula is C17H32N2O2. The van der Waals surface area contributed by atoms with E-state index in [4.69, 9.17) is 0 Å². The van der Waals surface area contributed by atoms with E-state index in [2.05, 4.69) is 45.3 Å². The molecule has 2 amide bonds. The molecule has 2 N–H and O–H groups in total. The fourth-order valence-electron chi connectivity index (χ4n) is 2.91. The van der Waals surface area contributed by atoms with Gasteiger partial charge in [-0.25, -0.2) is 0 Å². The predicted octanol–water partition coefficient (Wildman–Crippen LogP) is 2.87. The van der Waals surface area contributed by atoms with E-state index in [1.807, 2.05) is 0 Å². The lowest BCUT2D eigenvalue weighted by atomic mass is 9.71. The number of nitrogens with one attached hydrogen (secondary N) is 2. The molecule has 4 heteroatoms. The minimum atomic E-state index is -0.492. The Balaban J connectivity index is 2.28. The van der Waals surface area contributed by atoms with Crippen LogP contribution >= 0.6 is 0 Å². The maximum Gasteiger partial charge on any atom is 0.309 e. The molecule has 0 saturated heterocycles. The summed E-state index contributed by atoms with van der Waals surface area (Å²) in [6.07, 6.45) is 5.11. The lowest BCUT2D eigenvalue weighted by molar-refractivity contribution is -0.139. The highest BCUT2D eigenvalue weighted by atomic mass is 16.2. The summed E-state index contributed by atoms with van der Waals surface area (Å²) in [5, 5.41) is 5.56. The van der Waals surface area contributed by atoms with Crippen LogP contribution < -0.4 is 10.6 Å². The lowest BCUT2D eigenvalue weighted by Gasteiger charge is -2.37. The first-order chi connectivity index (χ1) is 9.70. The van der Waals surface area contributed by atoms with Crippen LogP contribution in [0.25, 0.3) is 0 Å². The Bertz CT molecular complexity index is 350. The van der Waals surface area contributed by atoms with Gasteiger partial charge in [0.15, 0.2) is 0 Å². The molecule has 1 aliphatic rings. The third kappa shape index (κ3) is 6.49. The summed E-state index contributed by atoms with van der Waals surface area (Å²) >= 11 is 0. The van der Waals surface area contributed by atoms with Crippen LogP contribution in [0.2, 0.25) is 0 Å². The van der Waals surface area contributed by atoms with Crippen molar-refractivity contribution in [1.82, 2.24) is 10.6 Å². The summed E-state index contributed by atoms with van der Waals surface area (Å²) in [4.78, 5) is 23.5. The molecule has 0 aliphatic heterocycles. The van der Waals surface area contributed by atoms with Gasteiger partial charge in [0.05, 0.1) is 0 Å². The molecule has 0 unspecified atom stereocenters. The van der Waals surface area contributed by atoms with Crippen molar-refractivity contribution in [3.63, 3.8) is 0 Å². The molecule has 0 spiro atoms. The lowest BCUT2D eigenvalue weighted by Crippen LogP contribution is -2.46. The van der Waals surface area contributed by atoms with Crippen molar-refractivity contribution in [2.75, 3.05) is 6.54 Å². The van der Waals surface area contributed by atoms with Gasteiger partial charge in [0, 0.05) is 12.6 Å². The molecule has 0 bridgehead atoms. The largest absolute Gasteiger partial charge is 0.348 e. The summed E-state index contributed by atoms with van der Waals surface area (Å²) in [7, 11) is 0. The topological polar surface area (TPSA) is 58.2 Å². The fraction of sp³-hybridized carbons (Fsp3) is 0.882. The van der Waals surface area contributed by atoms with Crippen LogP contribution in [0, 0.1) is 17.3 Å². The molecule has 0 aromatic rings. The van der Waals surface area contributed by atoms with Gasteiger partial charge in [-0.15, -0.1) is 0 Å². The molecule has 1 saturated carbocycles. The molecule has 0 aromatic heterocycles. The first-order valence-corrected chi connectivity index (χ1v) is 8.29. The normalized spacial score (nSPS) is 23.0. The third-order valence-corrected chi connectivity index (χ3v) is 4.50. The molecule has 1 aliphatic carbocycles. The highest BCUT2D eigenvalue weighted by molar-refractivity contribution is 6.35. The Morgan fingerprint density at radius 3 is 2.10 bits per heavy atom. The van der Waals surface area contributed by atoms with Crippen molar-refractivity contribution in [2.24, 2.45) is 17.3 Å². The fourth-order valence-corrected chi connectivity index (χ4v) is 2.91. The molecule has 4 nitrogen and oxygen atoms in total. The first kappa shape index (κ1) is 18.0. The third-order valence-electron chi connectivity index (χ3n) is 4.50. The molecule has 122 valence electrons. The first-order valence-electron chi connectivity index (χ1n) is 8.29. The number of carbonyl (C=O) groups is 2. The van der Waals surface area contributed by atoms with Crippen molar-refractivity contribution in [1.29, 1.82) is 0 Å². The van der Waals surface area contributed by atoms with Crippen molar-refractivity contribution in [3.05, 3.63) is 0 Å². The van der Waals surface area contributed by atoms with E-state index in [1.165, 1.54) is 0 Å². The van der Waals surface area contributed by atoms with Gasteiger partial charge < -0.3 is 10.6 Å². The van der Waals surface area contributed by atoms with Gasteiger partial charge in [0.1, 0.15) is 0 Å². The van der Waals surface area contributed by atoms with Gasteiger partial charge >= 0.3 is 11.8 Å². The van der Waals surface area contributed by atoms with E-state index < -0.39 is 11.8 Å². The standard InChI is InChI=1S/C17H32N2O2/c1-12(2)10-11-18-15(20)16(21)19-14-8-6-13(7-9-14)17(3,4)5/h12-14H,6-11H2,1-5H3,(H,18,20)(H,19,21). The van der Waals surface area contributed by atoms with Gasteiger partial charge in [0.2, 0.25) is 0 Å². The second-order valence-corrected chi connectivity index (χ2v) is 7.83. The number of rotatable bonds is 4. The van der Waals surface area contributed by atoms with Crippen molar-refractivity contribution in [3.8, 4) is 0 Å². The number of amides is 2. The minimum Gasteiger partial charge on any atom is -0.348 e. The van der Waals surface area contributed by atoms with Crippen molar-refractivity contribution in [2.45, 2.75) is 72.8 Å². The molecule has 0 heterocycles. The van der Waals surface area contributed by atoms with Crippen LogP contribution in [-0.2, 0) is 9.59 Å². The second kappa shape index (κ2) is 7.81. The van der Waals surface area contributed by atoms with Gasteiger partial charge in [-0.3, -0.25) is 9.59 Å². The van der Waals surface area contributed by atoms with Gasteiger partial charge in [0.25, 0.3) is 0 Å². The van der Waals surface area contributed by atoms with Gasteiger partial charge in [-0.2, -0.15) is 0 Å². The second-order valence-electron chi connectivity index (χ2n) is 7.83. The minimum absolute atomic E-state index is 0.159. The highest BCUT2D eigenvalue weighted by Gasteiger charge is 2.30. The van der Waals surface area contributed by atoms with Crippen LogP contribution in [-0.4, -0.2) is 24.4 Å². The smallest absolute Gasteiger partial charge is 0.309 e. The summed E-state index contributed by atoms with van der Waals surface area (Å²) in [6, 6.07) is 0.159. The zero-order valence-electron chi connectivity index (χ0n) is 14.3. The Morgan fingerprint density at radius 2 is 1.62 bits per heavy atom. The average Bonchev–Trinajstić information content (AvgIpc) is 2.37. The summed E-state index contributed by atoms with van der Waals surface area (Å²) in [5.74, 6) is 0.276. The zero-order chi connectivity index (χ0) is 16.0.